The van der Waals surface area contributed by atoms with Gasteiger partial charge in [0.15, 0.2) is 0 Å². The Balaban J connectivity index is 0. The van der Waals surface area contributed by atoms with E-state index in [-0.39, 0.29) is 75.3 Å². The van der Waals surface area contributed by atoms with Crippen molar-refractivity contribution in [1.29, 1.82) is 0 Å². The summed E-state index contributed by atoms with van der Waals surface area (Å²) < 4.78 is 0. The molecule has 0 heterocycles. The van der Waals surface area contributed by atoms with E-state index in [1.807, 2.05) is 0 Å². The molecule has 0 amide bonds. The minimum atomic E-state index is 0. The quantitative estimate of drug-likeness (QED) is 0.435. The van der Waals surface area contributed by atoms with Crippen LogP contribution in [-0.2, 0) is 0 Å². The summed E-state index contributed by atoms with van der Waals surface area (Å²) in [6, 6.07) is 0. The van der Waals surface area contributed by atoms with Crippen LogP contribution in [0, 0.1) is 35.6 Å². The zero-order valence-corrected chi connectivity index (χ0v) is 5.11. The first-order valence-corrected chi connectivity index (χ1v) is 0. The van der Waals surface area contributed by atoms with Crippen molar-refractivity contribution in [3.05, 3.63) is 0 Å². The summed E-state index contributed by atoms with van der Waals surface area (Å²) in [6.07, 6.45) is 0. The molecule has 1 radical (unpaired) electrons. The van der Waals surface area contributed by atoms with Gasteiger partial charge in [0, 0.05) is 35.6 Å². The Morgan fingerprint density at radius 2 is 1.00 bits per heavy atom. The number of halogens is 1. The second kappa shape index (κ2) is 19.5. The molecule has 0 rings (SSSR count). The first-order chi connectivity index (χ1) is 0. The van der Waals surface area contributed by atoms with E-state index < -0.39 is 0 Å². The molecule has 0 aliphatic carbocycles. The summed E-state index contributed by atoms with van der Waals surface area (Å²) in [6.45, 7) is 0. The van der Waals surface area contributed by atoms with Gasteiger partial charge in [0.1, 0.15) is 0 Å². The van der Waals surface area contributed by atoms with Crippen LogP contribution in [0.3, 0.4) is 0 Å². The van der Waals surface area contributed by atoms with Gasteiger partial charge < -0.3 is 5.48 Å². The van der Waals surface area contributed by atoms with E-state index in [4.69, 9.17) is 0 Å². The molecule has 0 bridgehead atoms. The van der Waals surface area contributed by atoms with Crippen molar-refractivity contribution >= 4 is 29.6 Å². The van der Waals surface area contributed by atoms with Crippen molar-refractivity contribution in [3.8, 4) is 0 Å². The van der Waals surface area contributed by atoms with Gasteiger partial charge in [0.2, 0.25) is 0 Å². The molecule has 4 heteroatoms. The molecule has 0 saturated heterocycles. The Labute approximate surface area is 74.1 Å². The number of rotatable bonds is 0. The average Bonchev–Trinajstić information content (AvgIpc) is 0. The fourth-order valence-corrected chi connectivity index (χ4v) is 0. The third-order valence-electron chi connectivity index (χ3n) is 0. The van der Waals surface area contributed by atoms with Crippen LogP contribution in [0.1, 0.15) is 0 Å². The summed E-state index contributed by atoms with van der Waals surface area (Å²) >= 11 is 0. The van der Waals surface area contributed by atoms with Crippen molar-refractivity contribution in [1.82, 2.24) is 0 Å². The van der Waals surface area contributed by atoms with Gasteiger partial charge in [-0.2, -0.15) is 0 Å². The van der Waals surface area contributed by atoms with Crippen LogP contribution in [0.5, 0.6) is 0 Å². The molecule has 0 aliphatic rings. The zero-order valence-electron chi connectivity index (χ0n) is 1.49. The summed E-state index contributed by atoms with van der Waals surface area (Å²) in [4.78, 5) is 0. The van der Waals surface area contributed by atoms with Crippen LogP contribution in [-0.4, -0.2) is 35.0 Å². The monoisotopic (exact) mass is 201 g/mol. The molecular formula is H4FLaNaO. The third-order valence-corrected chi connectivity index (χ3v) is 0. The minimum absolute atomic E-state index is 0. The first kappa shape index (κ1) is 36.2. The van der Waals surface area contributed by atoms with Gasteiger partial charge in [-0.05, 0) is 0 Å². The van der Waals surface area contributed by atoms with Gasteiger partial charge in [0.05, 0.1) is 0 Å². The molecule has 1 nitrogen and oxygen atoms in total. The summed E-state index contributed by atoms with van der Waals surface area (Å²) in [5.74, 6) is 0. The van der Waals surface area contributed by atoms with Crippen molar-refractivity contribution in [2.75, 3.05) is 0 Å². The van der Waals surface area contributed by atoms with E-state index in [0.29, 0.717) is 0 Å². The van der Waals surface area contributed by atoms with Crippen molar-refractivity contribution < 1.29 is 45.8 Å². The van der Waals surface area contributed by atoms with E-state index in [9.17, 15) is 0 Å². The van der Waals surface area contributed by atoms with Crippen LogP contribution < -0.4 is 0 Å². The number of hydrogen-bond acceptors (Lipinski definition) is 0. The van der Waals surface area contributed by atoms with Crippen molar-refractivity contribution in [3.63, 3.8) is 0 Å². The summed E-state index contributed by atoms with van der Waals surface area (Å²) in [5, 5.41) is 0. The van der Waals surface area contributed by atoms with Crippen LogP contribution in [0.15, 0.2) is 0 Å². The Morgan fingerprint density at radius 3 is 1.00 bits per heavy atom. The fraction of sp³-hybridized carbons (Fsp3) is 0. The Kier molecular flexibility index (Phi) is 177. The molecule has 0 aromatic heterocycles. The fourth-order valence-electron chi connectivity index (χ4n) is 0. The van der Waals surface area contributed by atoms with Gasteiger partial charge in [0.25, 0.3) is 0 Å². The topological polar surface area (TPSA) is 31.5 Å². The van der Waals surface area contributed by atoms with E-state index in [1.165, 1.54) is 0 Å². The third kappa shape index (κ3) is 8.94. The van der Waals surface area contributed by atoms with Gasteiger partial charge in [-0.3, -0.25) is 4.70 Å². The van der Waals surface area contributed by atoms with Gasteiger partial charge in [-0.25, -0.2) is 0 Å². The number of hydrogen-bond donors (Lipinski definition) is 0. The second-order valence-corrected chi connectivity index (χ2v) is 0. The SMILES string of the molecule is F.O.[La].[NaH]. The van der Waals surface area contributed by atoms with Crippen LogP contribution >= 0.6 is 0 Å². The maximum absolute atomic E-state index is 0. The molecule has 0 aromatic carbocycles. The normalized spacial score (nSPS) is 0. The van der Waals surface area contributed by atoms with Crippen LogP contribution in [0.25, 0.3) is 0 Å². The molecule has 4 heavy (non-hydrogen) atoms. The van der Waals surface area contributed by atoms with Crippen molar-refractivity contribution in [2.45, 2.75) is 0 Å². The van der Waals surface area contributed by atoms with E-state index >= 15 is 0 Å². The molecule has 0 aromatic rings. The molecule has 0 unspecified atom stereocenters. The second-order valence-electron chi connectivity index (χ2n) is 0. The zero-order chi connectivity index (χ0) is 0. The predicted octanol–water partition coefficient (Wildman–Crippen LogP) is -1.32. The summed E-state index contributed by atoms with van der Waals surface area (Å²) in [7, 11) is 0. The average molecular weight is 201 g/mol. The van der Waals surface area contributed by atoms with Crippen LogP contribution in [0.2, 0.25) is 0 Å². The van der Waals surface area contributed by atoms with Gasteiger partial charge >= 0.3 is 29.6 Å². The van der Waals surface area contributed by atoms with E-state index in [0.717, 1.165) is 0 Å². The van der Waals surface area contributed by atoms with E-state index in [1.54, 1.807) is 0 Å². The van der Waals surface area contributed by atoms with Crippen molar-refractivity contribution in [2.24, 2.45) is 0 Å². The molecule has 0 fully saturated rings. The first-order valence-electron chi connectivity index (χ1n) is 0. The van der Waals surface area contributed by atoms with Crippen LogP contribution in [0.4, 0.5) is 4.70 Å². The Hall–Kier alpha value is 2.08. The predicted molar refractivity (Wildman–Crippen MR) is 13.3 cm³/mol. The van der Waals surface area contributed by atoms with E-state index in [2.05, 4.69) is 0 Å². The summed E-state index contributed by atoms with van der Waals surface area (Å²) in [5.41, 5.74) is 0. The molecule has 0 aliphatic heterocycles. The molecule has 0 spiro atoms. The molecular weight excluding hydrogens is 197 g/mol. The molecule has 2 N–H and O–H groups in total. The Bertz CT molecular complexity index is 8.00. The Morgan fingerprint density at radius 1 is 1.00 bits per heavy atom. The van der Waals surface area contributed by atoms with Gasteiger partial charge in [-0.15, -0.1) is 0 Å². The molecule has 0 saturated carbocycles. The molecule has 21 valence electrons. The molecule has 0 atom stereocenters. The standard InChI is InChI=1S/FH.La.Na.H2O.H/h1H;;;1H2;. The van der Waals surface area contributed by atoms with Gasteiger partial charge in [-0.1, -0.05) is 0 Å². The maximum atomic E-state index is 0.